The number of amides is 1. The fourth-order valence-corrected chi connectivity index (χ4v) is 2.83. The molecule has 0 bridgehead atoms. The maximum Gasteiger partial charge on any atom is 0.275 e. The van der Waals surface area contributed by atoms with Crippen LogP contribution >= 0.6 is 11.6 Å². The predicted octanol–water partition coefficient (Wildman–Crippen LogP) is -0.279. The molecule has 6 heteroatoms. The van der Waals surface area contributed by atoms with Crippen LogP contribution in [0.1, 0.15) is 11.1 Å². The van der Waals surface area contributed by atoms with E-state index in [4.69, 9.17) is 21.1 Å². The summed E-state index contributed by atoms with van der Waals surface area (Å²) in [7, 11) is 0. The first-order chi connectivity index (χ1) is 9.22. The van der Waals surface area contributed by atoms with E-state index < -0.39 is 0 Å². The standard InChI is InChI=1S/C13H15ClN2O3/c14-11-3-9(5-16-2-1-15-12(17)6-16)13-10(4-11)7-18-8-19-13/h3-4H,1-2,5-8H2,(H,15,17)/p+1. The molecular weight excluding hydrogens is 268 g/mol. The maximum atomic E-state index is 11.4. The third kappa shape index (κ3) is 2.83. The van der Waals surface area contributed by atoms with E-state index in [-0.39, 0.29) is 12.7 Å². The largest absolute Gasteiger partial charge is 0.467 e. The van der Waals surface area contributed by atoms with Gasteiger partial charge < -0.3 is 19.7 Å². The summed E-state index contributed by atoms with van der Waals surface area (Å²) in [6.07, 6.45) is 0. The fourth-order valence-electron chi connectivity index (χ4n) is 2.56. The van der Waals surface area contributed by atoms with Crippen LogP contribution in [0.3, 0.4) is 0 Å². The van der Waals surface area contributed by atoms with Crippen molar-refractivity contribution in [2.75, 3.05) is 26.4 Å². The van der Waals surface area contributed by atoms with Gasteiger partial charge in [-0.05, 0) is 12.1 Å². The molecule has 1 saturated heterocycles. The van der Waals surface area contributed by atoms with Gasteiger partial charge in [-0.25, -0.2) is 0 Å². The summed E-state index contributed by atoms with van der Waals surface area (Å²) in [5.74, 6) is 0.968. The van der Waals surface area contributed by atoms with E-state index in [2.05, 4.69) is 5.32 Å². The Labute approximate surface area is 116 Å². The number of carbonyl (C=O) groups is 1. The SMILES string of the molecule is O=C1C[NH+](Cc2cc(Cl)cc3c2OCOC3)CCN1. The second-order valence-electron chi connectivity index (χ2n) is 4.87. The molecule has 2 aliphatic heterocycles. The van der Waals surface area contributed by atoms with Crippen molar-refractivity contribution in [2.24, 2.45) is 0 Å². The van der Waals surface area contributed by atoms with Crippen molar-refractivity contribution in [1.82, 2.24) is 5.32 Å². The number of nitrogens with one attached hydrogen (secondary N) is 2. The Bertz CT molecular complexity index is 507. The van der Waals surface area contributed by atoms with Gasteiger partial charge in [0.2, 0.25) is 0 Å². The fraction of sp³-hybridized carbons (Fsp3) is 0.462. The molecule has 0 saturated carbocycles. The summed E-state index contributed by atoms with van der Waals surface area (Å²) >= 11 is 6.13. The van der Waals surface area contributed by atoms with Crippen molar-refractivity contribution in [3.8, 4) is 5.75 Å². The van der Waals surface area contributed by atoms with Crippen LogP contribution in [-0.4, -0.2) is 32.3 Å². The van der Waals surface area contributed by atoms with Crippen LogP contribution in [0.2, 0.25) is 5.02 Å². The molecule has 5 nitrogen and oxygen atoms in total. The van der Waals surface area contributed by atoms with Crippen LogP contribution in [0.25, 0.3) is 0 Å². The number of carbonyl (C=O) groups excluding carboxylic acids is 1. The molecular formula is C13H16ClN2O3+. The molecule has 2 aliphatic rings. The minimum Gasteiger partial charge on any atom is -0.467 e. The van der Waals surface area contributed by atoms with Gasteiger partial charge in [-0.15, -0.1) is 0 Å². The zero-order chi connectivity index (χ0) is 13.2. The van der Waals surface area contributed by atoms with Crippen molar-refractivity contribution in [1.29, 1.82) is 0 Å². The quantitative estimate of drug-likeness (QED) is 0.785. The highest BCUT2D eigenvalue weighted by molar-refractivity contribution is 6.30. The first-order valence-electron chi connectivity index (χ1n) is 6.34. The van der Waals surface area contributed by atoms with Crippen LogP contribution in [0.15, 0.2) is 12.1 Å². The van der Waals surface area contributed by atoms with Gasteiger partial charge in [-0.2, -0.15) is 0 Å². The number of quaternary nitrogens is 1. The third-order valence-electron chi connectivity index (χ3n) is 3.40. The lowest BCUT2D eigenvalue weighted by molar-refractivity contribution is -0.907. The minimum absolute atomic E-state index is 0.0985. The summed E-state index contributed by atoms with van der Waals surface area (Å²) in [6, 6.07) is 3.79. The predicted molar refractivity (Wildman–Crippen MR) is 69.1 cm³/mol. The molecule has 1 unspecified atom stereocenters. The molecule has 1 amide bonds. The van der Waals surface area contributed by atoms with Gasteiger partial charge in [0.1, 0.15) is 12.3 Å². The summed E-state index contributed by atoms with van der Waals surface area (Å²) in [4.78, 5) is 12.6. The number of hydrogen-bond donors (Lipinski definition) is 2. The number of piperazine rings is 1. The molecule has 0 aliphatic carbocycles. The molecule has 0 radical (unpaired) electrons. The second kappa shape index (κ2) is 5.36. The van der Waals surface area contributed by atoms with Gasteiger partial charge in [0, 0.05) is 10.6 Å². The zero-order valence-corrected chi connectivity index (χ0v) is 11.3. The number of fused-ring (bicyclic) bond motifs is 1. The first kappa shape index (κ1) is 12.7. The van der Waals surface area contributed by atoms with Crippen LogP contribution in [0, 0.1) is 0 Å². The molecule has 19 heavy (non-hydrogen) atoms. The van der Waals surface area contributed by atoms with Crippen molar-refractivity contribution < 1.29 is 19.2 Å². The van der Waals surface area contributed by atoms with Crippen molar-refractivity contribution in [2.45, 2.75) is 13.2 Å². The van der Waals surface area contributed by atoms with Crippen LogP contribution in [0.4, 0.5) is 0 Å². The summed E-state index contributed by atoms with van der Waals surface area (Å²) in [6.45, 7) is 3.69. The average Bonchev–Trinajstić information content (AvgIpc) is 2.38. The Hall–Kier alpha value is -1.30. The Morgan fingerprint density at radius 1 is 1.42 bits per heavy atom. The topological polar surface area (TPSA) is 52.0 Å². The molecule has 0 aromatic heterocycles. The average molecular weight is 284 g/mol. The molecule has 3 rings (SSSR count). The van der Waals surface area contributed by atoms with E-state index in [0.29, 0.717) is 18.2 Å². The number of rotatable bonds is 2. The number of halogens is 1. The molecule has 2 N–H and O–H groups in total. The number of hydrogen-bond acceptors (Lipinski definition) is 3. The minimum atomic E-state index is 0.0985. The molecule has 1 aromatic carbocycles. The van der Waals surface area contributed by atoms with Gasteiger partial charge in [-0.3, -0.25) is 4.79 Å². The Kier molecular flexibility index (Phi) is 3.59. The van der Waals surface area contributed by atoms with Crippen LogP contribution in [-0.2, 0) is 22.7 Å². The van der Waals surface area contributed by atoms with Gasteiger partial charge in [0.15, 0.2) is 13.3 Å². The van der Waals surface area contributed by atoms with E-state index in [1.165, 1.54) is 4.90 Å². The number of ether oxygens (including phenoxy) is 2. The maximum absolute atomic E-state index is 11.4. The highest BCUT2D eigenvalue weighted by Crippen LogP contribution is 2.31. The van der Waals surface area contributed by atoms with Crippen molar-refractivity contribution >= 4 is 17.5 Å². The highest BCUT2D eigenvalue weighted by atomic mass is 35.5. The van der Waals surface area contributed by atoms with E-state index in [9.17, 15) is 4.79 Å². The highest BCUT2D eigenvalue weighted by Gasteiger charge is 2.23. The lowest BCUT2D eigenvalue weighted by atomic mass is 10.1. The zero-order valence-electron chi connectivity index (χ0n) is 10.5. The van der Waals surface area contributed by atoms with Gasteiger partial charge in [-0.1, -0.05) is 11.6 Å². The normalized spacial score (nSPS) is 22.4. The first-order valence-corrected chi connectivity index (χ1v) is 6.72. The monoisotopic (exact) mass is 283 g/mol. The summed E-state index contributed by atoms with van der Waals surface area (Å²) in [5.41, 5.74) is 2.03. The van der Waals surface area contributed by atoms with Crippen LogP contribution < -0.4 is 15.0 Å². The number of benzene rings is 1. The van der Waals surface area contributed by atoms with Gasteiger partial charge >= 0.3 is 0 Å². The molecule has 1 fully saturated rings. The Morgan fingerprint density at radius 2 is 2.32 bits per heavy atom. The molecule has 1 aromatic rings. The molecule has 2 heterocycles. The lowest BCUT2D eigenvalue weighted by Crippen LogP contribution is -3.14. The van der Waals surface area contributed by atoms with E-state index in [1.54, 1.807) is 0 Å². The Balaban J connectivity index is 1.83. The lowest BCUT2D eigenvalue weighted by Gasteiger charge is -2.26. The van der Waals surface area contributed by atoms with Crippen molar-refractivity contribution in [3.63, 3.8) is 0 Å². The Morgan fingerprint density at radius 3 is 3.16 bits per heavy atom. The molecule has 1 atom stereocenters. The summed E-state index contributed by atoms with van der Waals surface area (Å²) < 4.78 is 10.8. The van der Waals surface area contributed by atoms with E-state index in [1.807, 2.05) is 12.1 Å². The van der Waals surface area contributed by atoms with E-state index >= 15 is 0 Å². The second-order valence-corrected chi connectivity index (χ2v) is 5.30. The smallest absolute Gasteiger partial charge is 0.275 e. The molecule has 0 spiro atoms. The van der Waals surface area contributed by atoms with Crippen molar-refractivity contribution in [3.05, 3.63) is 28.3 Å². The molecule has 102 valence electrons. The third-order valence-corrected chi connectivity index (χ3v) is 3.62. The van der Waals surface area contributed by atoms with Gasteiger partial charge in [0.05, 0.1) is 25.3 Å². The van der Waals surface area contributed by atoms with E-state index in [0.717, 1.165) is 36.5 Å². The van der Waals surface area contributed by atoms with Crippen LogP contribution in [0.5, 0.6) is 5.75 Å². The van der Waals surface area contributed by atoms with Gasteiger partial charge in [0.25, 0.3) is 5.91 Å². The summed E-state index contributed by atoms with van der Waals surface area (Å²) in [5, 5.41) is 3.52.